The maximum atomic E-state index is 12.1. The average molecular weight is 308 g/mol. The lowest BCUT2D eigenvalue weighted by Crippen LogP contribution is -2.55. The van der Waals surface area contributed by atoms with Crippen LogP contribution in [0.5, 0.6) is 0 Å². The van der Waals surface area contributed by atoms with Gasteiger partial charge >= 0.3 is 6.03 Å². The Morgan fingerprint density at radius 1 is 1.52 bits per heavy atom. The summed E-state index contributed by atoms with van der Waals surface area (Å²) in [5, 5.41) is 8.32. The molecule has 3 amide bonds. The highest BCUT2D eigenvalue weighted by Crippen LogP contribution is 2.30. The molecular weight excluding hydrogens is 288 g/mol. The lowest BCUT2D eigenvalue weighted by molar-refractivity contribution is -0.126. The minimum atomic E-state index is -0.784. The smallest absolute Gasteiger partial charge is 0.322 e. The van der Waals surface area contributed by atoms with Crippen LogP contribution in [0.4, 0.5) is 4.79 Å². The van der Waals surface area contributed by atoms with Gasteiger partial charge < -0.3 is 5.32 Å². The summed E-state index contributed by atoms with van der Waals surface area (Å²) < 4.78 is 0. The second kappa shape index (κ2) is 5.38. The summed E-state index contributed by atoms with van der Waals surface area (Å²) in [5.41, 5.74) is 0.302. The number of piperidine rings is 1. The zero-order valence-electron chi connectivity index (χ0n) is 12.3. The highest BCUT2D eigenvalue weighted by Gasteiger charge is 2.48. The summed E-state index contributed by atoms with van der Waals surface area (Å²) in [6.45, 7) is 6.47. The standard InChI is InChI=1S/C14H20N4O2S/c1-9-15-11(8-21-9)7-18-5-3-4-10(6-18)14(2)12(19)16-13(20)17-14/h8,10H,3-7H2,1-2H3,(H2,16,17,19,20)/t10-,14+/m1/s1. The van der Waals surface area contributed by atoms with Crippen molar-refractivity contribution in [2.24, 2.45) is 5.92 Å². The number of amides is 3. The van der Waals surface area contributed by atoms with E-state index in [-0.39, 0.29) is 17.9 Å². The van der Waals surface area contributed by atoms with Crippen LogP contribution in [-0.2, 0) is 11.3 Å². The molecule has 2 fully saturated rings. The van der Waals surface area contributed by atoms with Crippen molar-refractivity contribution >= 4 is 23.3 Å². The van der Waals surface area contributed by atoms with Gasteiger partial charge in [0.05, 0.1) is 10.7 Å². The number of rotatable bonds is 3. The second-order valence-electron chi connectivity index (χ2n) is 6.04. The van der Waals surface area contributed by atoms with Gasteiger partial charge in [0, 0.05) is 24.4 Å². The first-order valence-corrected chi connectivity index (χ1v) is 8.12. The number of carbonyl (C=O) groups excluding carboxylic acids is 2. The van der Waals surface area contributed by atoms with Gasteiger partial charge in [-0.25, -0.2) is 9.78 Å². The Hall–Kier alpha value is -1.47. The molecule has 3 heterocycles. The minimum absolute atomic E-state index is 0.137. The summed E-state index contributed by atoms with van der Waals surface area (Å²) in [7, 11) is 0. The first kappa shape index (κ1) is 14.5. The van der Waals surface area contributed by atoms with Crippen LogP contribution in [0, 0.1) is 12.8 Å². The van der Waals surface area contributed by atoms with Crippen molar-refractivity contribution in [2.45, 2.75) is 38.8 Å². The van der Waals surface area contributed by atoms with Gasteiger partial charge in [-0.1, -0.05) is 0 Å². The van der Waals surface area contributed by atoms with Crippen molar-refractivity contribution in [3.05, 3.63) is 16.1 Å². The predicted molar refractivity (Wildman–Crippen MR) is 79.9 cm³/mol. The molecule has 6 nitrogen and oxygen atoms in total. The lowest BCUT2D eigenvalue weighted by atomic mass is 9.80. The first-order chi connectivity index (χ1) is 9.97. The van der Waals surface area contributed by atoms with Crippen LogP contribution in [0.1, 0.15) is 30.5 Å². The zero-order valence-corrected chi connectivity index (χ0v) is 13.1. The summed E-state index contributed by atoms with van der Waals surface area (Å²) >= 11 is 1.66. The van der Waals surface area contributed by atoms with Crippen LogP contribution >= 0.6 is 11.3 Å². The summed E-state index contributed by atoms with van der Waals surface area (Å²) in [6, 6.07) is -0.380. The van der Waals surface area contributed by atoms with E-state index in [9.17, 15) is 9.59 Å². The van der Waals surface area contributed by atoms with Gasteiger partial charge in [-0.15, -0.1) is 11.3 Å². The number of thiazole rings is 1. The summed E-state index contributed by atoms with van der Waals surface area (Å²) in [4.78, 5) is 30.3. The molecule has 0 saturated carbocycles. The molecule has 0 radical (unpaired) electrons. The first-order valence-electron chi connectivity index (χ1n) is 7.24. The highest BCUT2D eigenvalue weighted by atomic mass is 32.1. The van der Waals surface area contributed by atoms with Crippen LogP contribution in [0.15, 0.2) is 5.38 Å². The molecule has 2 aliphatic rings. The quantitative estimate of drug-likeness (QED) is 0.825. The van der Waals surface area contributed by atoms with Crippen LogP contribution < -0.4 is 10.6 Å². The Labute approximate surface area is 127 Å². The lowest BCUT2D eigenvalue weighted by Gasteiger charge is -2.39. The van der Waals surface area contributed by atoms with E-state index < -0.39 is 5.54 Å². The highest BCUT2D eigenvalue weighted by molar-refractivity contribution is 7.09. The van der Waals surface area contributed by atoms with E-state index in [2.05, 4.69) is 25.9 Å². The fourth-order valence-corrected chi connectivity index (χ4v) is 3.83. The Morgan fingerprint density at radius 3 is 2.95 bits per heavy atom. The number of carbonyl (C=O) groups is 2. The SMILES string of the molecule is Cc1nc(CN2CCC[C@@H]([C@]3(C)NC(=O)NC3=O)C2)cs1. The second-order valence-corrected chi connectivity index (χ2v) is 7.10. The zero-order chi connectivity index (χ0) is 15.0. The van der Waals surface area contributed by atoms with Crippen molar-refractivity contribution < 1.29 is 9.59 Å². The Bertz CT molecular complexity index is 573. The Morgan fingerprint density at radius 2 is 2.33 bits per heavy atom. The molecule has 3 rings (SSSR count). The van der Waals surface area contributed by atoms with Crippen molar-refractivity contribution in [1.82, 2.24) is 20.5 Å². The van der Waals surface area contributed by atoms with E-state index in [0.717, 1.165) is 43.2 Å². The number of aryl methyl sites for hydroxylation is 1. The van der Waals surface area contributed by atoms with Gasteiger partial charge in [0.1, 0.15) is 5.54 Å². The average Bonchev–Trinajstić information content (AvgIpc) is 2.94. The van der Waals surface area contributed by atoms with Gasteiger partial charge in [0.15, 0.2) is 0 Å². The third kappa shape index (κ3) is 2.80. The van der Waals surface area contributed by atoms with Crippen LogP contribution in [0.3, 0.4) is 0 Å². The summed E-state index contributed by atoms with van der Waals surface area (Å²) in [5.74, 6) is -0.0683. The molecular formula is C14H20N4O2S. The van der Waals surface area contributed by atoms with Gasteiger partial charge in [-0.05, 0) is 33.2 Å². The number of hydrogen-bond acceptors (Lipinski definition) is 5. The fraction of sp³-hybridized carbons (Fsp3) is 0.643. The van der Waals surface area contributed by atoms with E-state index >= 15 is 0 Å². The van der Waals surface area contributed by atoms with Gasteiger partial charge in [0.2, 0.25) is 0 Å². The van der Waals surface area contributed by atoms with E-state index in [1.807, 2.05) is 13.8 Å². The monoisotopic (exact) mass is 308 g/mol. The molecule has 2 saturated heterocycles. The third-order valence-electron chi connectivity index (χ3n) is 4.45. The topological polar surface area (TPSA) is 74.3 Å². The van der Waals surface area contributed by atoms with Crippen LogP contribution in [0.2, 0.25) is 0 Å². The molecule has 2 atom stereocenters. The normalized spacial score (nSPS) is 30.3. The summed E-state index contributed by atoms with van der Waals surface area (Å²) in [6.07, 6.45) is 1.99. The Kier molecular flexibility index (Phi) is 3.71. The third-order valence-corrected chi connectivity index (χ3v) is 5.27. The molecule has 1 aromatic rings. The number of nitrogens with one attached hydrogen (secondary N) is 2. The Balaban J connectivity index is 1.68. The number of aromatic nitrogens is 1. The number of imide groups is 1. The molecule has 21 heavy (non-hydrogen) atoms. The van der Waals surface area contributed by atoms with E-state index in [0.29, 0.717) is 0 Å². The molecule has 0 bridgehead atoms. The van der Waals surface area contributed by atoms with Gasteiger partial charge in [-0.2, -0.15) is 0 Å². The number of hydrogen-bond donors (Lipinski definition) is 2. The molecule has 7 heteroatoms. The van der Waals surface area contributed by atoms with E-state index in [4.69, 9.17) is 0 Å². The van der Waals surface area contributed by atoms with Crippen molar-refractivity contribution in [1.29, 1.82) is 0 Å². The number of nitrogens with zero attached hydrogens (tertiary/aromatic N) is 2. The van der Waals surface area contributed by atoms with Crippen molar-refractivity contribution in [3.63, 3.8) is 0 Å². The van der Waals surface area contributed by atoms with Crippen LogP contribution in [0.25, 0.3) is 0 Å². The minimum Gasteiger partial charge on any atom is -0.323 e. The molecule has 0 aromatic carbocycles. The van der Waals surface area contributed by atoms with E-state index in [1.165, 1.54) is 0 Å². The van der Waals surface area contributed by atoms with E-state index in [1.54, 1.807) is 11.3 Å². The molecule has 114 valence electrons. The molecule has 0 aliphatic carbocycles. The number of urea groups is 1. The maximum Gasteiger partial charge on any atom is 0.322 e. The molecule has 2 N–H and O–H groups in total. The molecule has 0 spiro atoms. The predicted octanol–water partition coefficient (Wildman–Crippen LogP) is 1.26. The molecule has 0 unspecified atom stereocenters. The van der Waals surface area contributed by atoms with Crippen molar-refractivity contribution in [2.75, 3.05) is 13.1 Å². The maximum absolute atomic E-state index is 12.1. The van der Waals surface area contributed by atoms with Gasteiger partial charge in [0.25, 0.3) is 5.91 Å². The van der Waals surface area contributed by atoms with Crippen molar-refractivity contribution in [3.8, 4) is 0 Å². The van der Waals surface area contributed by atoms with Crippen LogP contribution in [-0.4, -0.2) is 40.5 Å². The molecule has 2 aliphatic heterocycles. The fourth-order valence-electron chi connectivity index (χ4n) is 3.22. The molecule has 1 aromatic heterocycles. The largest absolute Gasteiger partial charge is 0.323 e. The van der Waals surface area contributed by atoms with Gasteiger partial charge in [-0.3, -0.25) is 15.0 Å². The number of likely N-dealkylation sites (tertiary alicyclic amines) is 1.